The molecule has 2 heteroatoms. The van der Waals surface area contributed by atoms with Gasteiger partial charge in [0, 0.05) is 31.7 Å². The molecule has 94 valence electrons. The summed E-state index contributed by atoms with van der Waals surface area (Å²) < 4.78 is 0. The Morgan fingerprint density at radius 2 is 2.12 bits per heavy atom. The molecule has 1 aromatic carbocycles. The third-order valence-electron chi connectivity index (χ3n) is 3.75. The molecule has 2 rings (SSSR count). The predicted octanol–water partition coefficient (Wildman–Crippen LogP) is 2.82. The lowest BCUT2D eigenvalue weighted by Crippen LogP contribution is -2.51. The molecule has 2 unspecified atom stereocenters. The van der Waals surface area contributed by atoms with Crippen molar-refractivity contribution in [2.75, 3.05) is 19.6 Å². The molecule has 0 saturated carbocycles. The van der Waals surface area contributed by atoms with Crippen molar-refractivity contribution < 1.29 is 0 Å². The molecule has 0 aromatic heterocycles. The first-order valence-electron chi connectivity index (χ1n) is 6.83. The molecule has 1 N–H and O–H groups in total. The fourth-order valence-corrected chi connectivity index (χ4v) is 2.69. The van der Waals surface area contributed by atoms with Crippen LogP contribution in [0.2, 0.25) is 0 Å². The maximum absolute atomic E-state index is 3.61. The van der Waals surface area contributed by atoms with E-state index in [4.69, 9.17) is 0 Å². The molecule has 1 saturated heterocycles. The normalized spacial score (nSPS) is 23.5. The average molecular weight is 232 g/mol. The van der Waals surface area contributed by atoms with Crippen molar-refractivity contribution in [1.82, 2.24) is 10.2 Å². The van der Waals surface area contributed by atoms with E-state index in [9.17, 15) is 0 Å². The number of benzene rings is 1. The highest BCUT2D eigenvalue weighted by atomic mass is 15.2. The van der Waals surface area contributed by atoms with Gasteiger partial charge in [-0.1, -0.05) is 43.7 Å². The van der Waals surface area contributed by atoms with Crippen LogP contribution in [0.4, 0.5) is 0 Å². The molecular formula is C15H24N2. The van der Waals surface area contributed by atoms with Gasteiger partial charge in [-0.15, -0.1) is 0 Å². The minimum absolute atomic E-state index is 0.539. The Bertz CT molecular complexity index is 321. The Hall–Kier alpha value is -0.860. The Kier molecular flexibility index (Phi) is 4.57. The second-order valence-electron chi connectivity index (χ2n) is 5.02. The van der Waals surface area contributed by atoms with Crippen LogP contribution in [0.1, 0.15) is 38.3 Å². The van der Waals surface area contributed by atoms with Gasteiger partial charge in [-0.05, 0) is 18.9 Å². The quantitative estimate of drug-likeness (QED) is 0.858. The van der Waals surface area contributed by atoms with Crippen molar-refractivity contribution in [3.63, 3.8) is 0 Å². The number of piperazine rings is 1. The molecule has 1 fully saturated rings. The molecule has 1 aliphatic rings. The molecular weight excluding hydrogens is 208 g/mol. The van der Waals surface area contributed by atoms with E-state index in [1.807, 2.05) is 0 Å². The van der Waals surface area contributed by atoms with Crippen molar-refractivity contribution in [1.29, 1.82) is 0 Å². The lowest BCUT2D eigenvalue weighted by molar-refractivity contribution is 0.149. The summed E-state index contributed by atoms with van der Waals surface area (Å²) in [6.07, 6.45) is 2.56. The third kappa shape index (κ3) is 3.30. The Labute approximate surface area is 105 Å². The van der Waals surface area contributed by atoms with Crippen molar-refractivity contribution >= 4 is 0 Å². The maximum atomic E-state index is 3.61. The van der Waals surface area contributed by atoms with Gasteiger partial charge >= 0.3 is 0 Å². The molecule has 2 atom stereocenters. The van der Waals surface area contributed by atoms with Crippen LogP contribution in [-0.4, -0.2) is 30.6 Å². The highest BCUT2D eigenvalue weighted by Crippen LogP contribution is 2.21. The SMILES string of the molecule is CCCC1CN(C(C)c2ccccc2)CCN1. The van der Waals surface area contributed by atoms with E-state index >= 15 is 0 Å². The Morgan fingerprint density at radius 3 is 2.82 bits per heavy atom. The summed E-state index contributed by atoms with van der Waals surface area (Å²) in [6.45, 7) is 8.06. The number of nitrogens with one attached hydrogen (secondary N) is 1. The summed E-state index contributed by atoms with van der Waals surface area (Å²) in [7, 11) is 0. The summed E-state index contributed by atoms with van der Waals surface area (Å²) in [5.41, 5.74) is 1.43. The largest absolute Gasteiger partial charge is 0.311 e. The summed E-state index contributed by atoms with van der Waals surface area (Å²) in [6, 6.07) is 12.1. The van der Waals surface area contributed by atoms with Gasteiger partial charge in [0.25, 0.3) is 0 Å². The Balaban J connectivity index is 1.97. The van der Waals surface area contributed by atoms with Crippen LogP contribution in [-0.2, 0) is 0 Å². The lowest BCUT2D eigenvalue weighted by Gasteiger charge is -2.37. The number of rotatable bonds is 4. The highest BCUT2D eigenvalue weighted by Gasteiger charge is 2.22. The monoisotopic (exact) mass is 232 g/mol. The van der Waals surface area contributed by atoms with Crippen LogP contribution < -0.4 is 5.32 Å². The van der Waals surface area contributed by atoms with Crippen LogP contribution in [0.5, 0.6) is 0 Å². The van der Waals surface area contributed by atoms with Gasteiger partial charge in [-0.25, -0.2) is 0 Å². The molecule has 1 aliphatic heterocycles. The molecule has 17 heavy (non-hydrogen) atoms. The average Bonchev–Trinajstić information content (AvgIpc) is 2.40. The minimum atomic E-state index is 0.539. The zero-order valence-corrected chi connectivity index (χ0v) is 11.0. The van der Waals surface area contributed by atoms with Gasteiger partial charge in [-0.2, -0.15) is 0 Å². The van der Waals surface area contributed by atoms with Crippen molar-refractivity contribution in [3.05, 3.63) is 35.9 Å². The van der Waals surface area contributed by atoms with Gasteiger partial charge in [0.1, 0.15) is 0 Å². The molecule has 0 aliphatic carbocycles. The molecule has 0 bridgehead atoms. The first-order chi connectivity index (χ1) is 8.31. The van der Waals surface area contributed by atoms with E-state index in [0.29, 0.717) is 12.1 Å². The van der Waals surface area contributed by atoms with E-state index in [0.717, 1.165) is 13.1 Å². The van der Waals surface area contributed by atoms with Gasteiger partial charge in [0.05, 0.1) is 0 Å². The van der Waals surface area contributed by atoms with Crippen LogP contribution in [0.3, 0.4) is 0 Å². The lowest BCUT2D eigenvalue weighted by atomic mass is 10.0. The summed E-state index contributed by atoms with van der Waals surface area (Å²) >= 11 is 0. The number of hydrogen-bond acceptors (Lipinski definition) is 2. The Morgan fingerprint density at radius 1 is 1.35 bits per heavy atom. The maximum Gasteiger partial charge on any atom is 0.0321 e. The molecule has 0 radical (unpaired) electrons. The molecule has 1 heterocycles. The first kappa shape index (κ1) is 12.6. The van der Waals surface area contributed by atoms with E-state index in [1.54, 1.807) is 0 Å². The second-order valence-corrected chi connectivity index (χ2v) is 5.02. The van der Waals surface area contributed by atoms with Crippen LogP contribution in [0.15, 0.2) is 30.3 Å². The van der Waals surface area contributed by atoms with E-state index < -0.39 is 0 Å². The fourth-order valence-electron chi connectivity index (χ4n) is 2.69. The number of hydrogen-bond donors (Lipinski definition) is 1. The summed E-state index contributed by atoms with van der Waals surface area (Å²) in [4.78, 5) is 2.60. The zero-order valence-electron chi connectivity index (χ0n) is 11.0. The highest BCUT2D eigenvalue weighted by molar-refractivity contribution is 5.18. The molecule has 0 spiro atoms. The van der Waals surface area contributed by atoms with Gasteiger partial charge in [0.2, 0.25) is 0 Å². The second kappa shape index (κ2) is 6.18. The predicted molar refractivity (Wildman–Crippen MR) is 73.1 cm³/mol. The molecule has 2 nitrogen and oxygen atoms in total. The fraction of sp³-hybridized carbons (Fsp3) is 0.600. The van der Waals surface area contributed by atoms with E-state index in [1.165, 1.54) is 24.9 Å². The molecule has 0 amide bonds. The van der Waals surface area contributed by atoms with Crippen LogP contribution in [0, 0.1) is 0 Å². The zero-order chi connectivity index (χ0) is 12.1. The summed E-state index contributed by atoms with van der Waals surface area (Å²) in [5.74, 6) is 0. The van der Waals surface area contributed by atoms with Crippen LogP contribution >= 0.6 is 0 Å². The smallest absolute Gasteiger partial charge is 0.0321 e. The van der Waals surface area contributed by atoms with Crippen molar-refractivity contribution in [2.45, 2.75) is 38.8 Å². The van der Waals surface area contributed by atoms with Gasteiger partial charge < -0.3 is 5.32 Å². The van der Waals surface area contributed by atoms with Crippen molar-refractivity contribution in [2.24, 2.45) is 0 Å². The topological polar surface area (TPSA) is 15.3 Å². The minimum Gasteiger partial charge on any atom is -0.311 e. The first-order valence-corrected chi connectivity index (χ1v) is 6.83. The van der Waals surface area contributed by atoms with Crippen molar-refractivity contribution in [3.8, 4) is 0 Å². The van der Waals surface area contributed by atoms with Gasteiger partial charge in [0.15, 0.2) is 0 Å². The van der Waals surface area contributed by atoms with Crippen LogP contribution in [0.25, 0.3) is 0 Å². The standard InChI is InChI=1S/C15H24N2/c1-3-7-15-12-17(11-10-16-15)13(2)14-8-5-4-6-9-14/h4-6,8-9,13,15-16H,3,7,10-12H2,1-2H3. The number of nitrogens with zero attached hydrogens (tertiary/aromatic N) is 1. The van der Waals surface area contributed by atoms with E-state index in [-0.39, 0.29) is 0 Å². The molecule has 1 aromatic rings. The van der Waals surface area contributed by atoms with E-state index in [2.05, 4.69) is 54.4 Å². The third-order valence-corrected chi connectivity index (χ3v) is 3.75. The van der Waals surface area contributed by atoms with Gasteiger partial charge in [-0.3, -0.25) is 4.90 Å². The summed E-state index contributed by atoms with van der Waals surface area (Å²) in [5, 5.41) is 3.61.